The highest BCUT2D eigenvalue weighted by Gasteiger charge is 2.26. The summed E-state index contributed by atoms with van der Waals surface area (Å²) in [5.41, 5.74) is -0.0141. The molecule has 1 saturated heterocycles. The second-order valence-electron chi connectivity index (χ2n) is 6.00. The van der Waals surface area contributed by atoms with Crippen LogP contribution in [0.2, 0.25) is 0 Å². The van der Waals surface area contributed by atoms with Crippen molar-refractivity contribution in [2.75, 3.05) is 32.7 Å². The molecular formula is C15H20Br2N2O2. The van der Waals surface area contributed by atoms with E-state index in [1.54, 1.807) is 0 Å². The third-order valence-electron chi connectivity index (χ3n) is 3.43. The topological polar surface area (TPSA) is 43.8 Å². The van der Waals surface area contributed by atoms with E-state index in [1.165, 1.54) is 0 Å². The van der Waals surface area contributed by atoms with Crippen LogP contribution in [-0.2, 0) is 0 Å². The number of hydrogen-bond donors (Lipinski definition) is 1. The van der Waals surface area contributed by atoms with Crippen molar-refractivity contribution < 1.29 is 9.90 Å². The van der Waals surface area contributed by atoms with Crippen LogP contribution in [0.25, 0.3) is 0 Å². The maximum Gasteiger partial charge on any atom is 0.255 e. The van der Waals surface area contributed by atoms with Gasteiger partial charge in [0.15, 0.2) is 0 Å². The number of amides is 1. The third kappa shape index (κ3) is 4.77. The molecule has 0 spiro atoms. The van der Waals surface area contributed by atoms with Gasteiger partial charge < -0.3 is 10.0 Å². The van der Waals surface area contributed by atoms with Gasteiger partial charge in [0.1, 0.15) is 0 Å². The summed E-state index contributed by atoms with van der Waals surface area (Å²) < 4.78 is 1.71. The summed E-state index contributed by atoms with van der Waals surface area (Å²) in [6.07, 6.45) is 0. The molecule has 1 aliphatic rings. The predicted octanol–water partition coefficient (Wildman–Crippen LogP) is 2.74. The van der Waals surface area contributed by atoms with Gasteiger partial charge in [0.05, 0.1) is 11.2 Å². The van der Waals surface area contributed by atoms with Crippen molar-refractivity contribution in [2.45, 2.75) is 19.4 Å². The van der Waals surface area contributed by atoms with E-state index in [2.05, 4.69) is 36.8 Å². The molecule has 0 radical (unpaired) electrons. The summed E-state index contributed by atoms with van der Waals surface area (Å²) in [6.45, 7) is 7.21. The number of halogens is 2. The summed E-state index contributed by atoms with van der Waals surface area (Å²) in [5, 5.41) is 9.86. The van der Waals surface area contributed by atoms with Gasteiger partial charge in [-0.25, -0.2) is 0 Å². The maximum atomic E-state index is 12.6. The molecule has 4 nitrogen and oxygen atoms in total. The van der Waals surface area contributed by atoms with Crippen molar-refractivity contribution >= 4 is 37.8 Å². The van der Waals surface area contributed by atoms with Crippen molar-refractivity contribution in [1.82, 2.24) is 9.80 Å². The van der Waals surface area contributed by atoms with Gasteiger partial charge in [0.2, 0.25) is 0 Å². The molecule has 0 atom stereocenters. The van der Waals surface area contributed by atoms with Crippen molar-refractivity contribution in [3.63, 3.8) is 0 Å². The van der Waals surface area contributed by atoms with Crippen LogP contribution in [0.5, 0.6) is 0 Å². The monoisotopic (exact) mass is 418 g/mol. The fourth-order valence-corrected chi connectivity index (χ4v) is 3.27. The van der Waals surface area contributed by atoms with Crippen LogP contribution in [0.3, 0.4) is 0 Å². The Morgan fingerprint density at radius 3 is 2.43 bits per heavy atom. The Labute approximate surface area is 142 Å². The molecule has 1 aromatic rings. The SMILES string of the molecule is CC(C)(O)CN1CCN(C(=O)c2cc(Br)ccc2Br)CC1. The second kappa shape index (κ2) is 6.77. The van der Waals surface area contributed by atoms with Crippen LogP contribution in [0, 0.1) is 0 Å². The van der Waals surface area contributed by atoms with E-state index < -0.39 is 5.60 Å². The van der Waals surface area contributed by atoms with E-state index in [1.807, 2.05) is 36.9 Å². The molecule has 1 aliphatic heterocycles. The first-order chi connectivity index (χ1) is 9.76. The van der Waals surface area contributed by atoms with Gasteiger partial charge in [-0.05, 0) is 48.0 Å². The molecule has 21 heavy (non-hydrogen) atoms. The first-order valence-corrected chi connectivity index (χ1v) is 8.54. The molecule has 0 saturated carbocycles. The van der Waals surface area contributed by atoms with Crippen molar-refractivity contribution in [3.05, 3.63) is 32.7 Å². The van der Waals surface area contributed by atoms with Crippen molar-refractivity contribution in [3.8, 4) is 0 Å². The Bertz CT molecular complexity index is 521. The highest BCUT2D eigenvalue weighted by Crippen LogP contribution is 2.23. The van der Waals surface area contributed by atoms with Crippen LogP contribution < -0.4 is 0 Å². The average molecular weight is 420 g/mol. The number of nitrogens with zero attached hydrogens (tertiary/aromatic N) is 2. The molecule has 1 N–H and O–H groups in total. The summed E-state index contributed by atoms with van der Waals surface area (Å²) in [7, 11) is 0. The minimum Gasteiger partial charge on any atom is -0.389 e. The smallest absolute Gasteiger partial charge is 0.255 e. The number of β-amino-alcohol motifs (C(OH)–C–C–N with tert-alkyl or cyclic N) is 1. The number of piperazine rings is 1. The van der Waals surface area contributed by atoms with Gasteiger partial charge >= 0.3 is 0 Å². The quantitative estimate of drug-likeness (QED) is 0.819. The van der Waals surface area contributed by atoms with Crippen LogP contribution in [-0.4, -0.2) is 59.1 Å². The molecule has 0 aliphatic carbocycles. The first-order valence-electron chi connectivity index (χ1n) is 6.95. The number of carbonyl (C=O) groups is 1. The van der Waals surface area contributed by atoms with Gasteiger partial charge in [0.25, 0.3) is 5.91 Å². The lowest BCUT2D eigenvalue weighted by atomic mass is 10.1. The molecule has 1 amide bonds. The molecule has 1 aromatic carbocycles. The van der Waals surface area contributed by atoms with E-state index >= 15 is 0 Å². The Balaban J connectivity index is 1.99. The maximum absolute atomic E-state index is 12.6. The van der Waals surface area contributed by atoms with Crippen LogP contribution in [0.1, 0.15) is 24.2 Å². The van der Waals surface area contributed by atoms with Gasteiger partial charge in [-0.2, -0.15) is 0 Å². The lowest BCUT2D eigenvalue weighted by molar-refractivity contribution is 0.0178. The molecule has 0 aromatic heterocycles. The highest BCUT2D eigenvalue weighted by atomic mass is 79.9. The summed E-state index contributed by atoms with van der Waals surface area (Å²) in [6, 6.07) is 5.62. The number of carbonyl (C=O) groups excluding carboxylic acids is 1. The molecule has 2 rings (SSSR count). The fraction of sp³-hybridized carbons (Fsp3) is 0.533. The molecule has 0 unspecified atom stereocenters. The largest absolute Gasteiger partial charge is 0.389 e. The van der Waals surface area contributed by atoms with E-state index in [4.69, 9.17) is 0 Å². The van der Waals surface area contributed by atoms with Gasteiger partial charge in [-0.1, -0.05) is 15.9 Å². The van der Waals surface area contributed by atoms with Crippen molar-refractivity contribution in [1.29, 1.82) is 0 Å². The zero-order valence-corrected chi connectivity index (χ0v) is 15.4. The molecule has 1 fully saturated rings. The Hall–Kier alpha value is -0.430. The summed E-state index contributed by atoms with van der Waals surface area (Å²) in [5.74, 6) is 0.0473. The predicted molar refractivity (Wildman–Crippen MR) is 90.5 cm³/mol. The number of benzene rings is 1. The number of aliphatic hydroxyl groups is 1. The van der Waals surface area contributed by atoms with Crippen LogP contribution in [0.15, 0.2) is 27.1 Å². The lowest BCUT2D eigenvalue weighted by Crippen LogP contribution is -2.52. The third-order valence-corrected chi connectivity index (χ3v) is 4.61. The molecule has 0 bridgehead atoms. The summed E-state index contributed by atoms with van der Waals surface area (Å²) >= 11 is 6.84. The normalized spacial score (nSPS) is 17.1. The zero-order chi connectivity index (χ0) is 15.6. The fourth-order valence-electron chi connectivity index (χ4n) is 2.49. The highest BCUT2D eigenvalue weighted by molar-refractivity contribution is 9.11. The summed E-state index contributed by atoms with van der Waals surface area (Å²) in [4.78, 5) is 16.6. The van der Waals surface area contributed by atoms with Gasteiger partial charge in [0, 0.05) is 41.7 Å². The molecule has 1 heterocycles. The lowest BCUT2D eigenvalue weighted by Gasteiger charge is -2.37. The number of rotatable bonds is 3. The standard InChI is InChI=1S/C15H20Br2N2O2/c1-15(2,21)10-18-5-7-19(8-6-18)14(20)12-9-11(16)3-4-13(12)17/h3-4,9,21H,5-8,10H2,1-2H3. The van der Waals surface area contributed by atoms with E-state index in [0.717, 1.165) is 22.0 Å². The van der Waals surface area contributed by atoms with E-state index in [-0.39, 0.29) is 5.91 Å². The molecule has 6 heteroatoms. The molecule has 116 valence electrons. The molecular weight excluding hydrogens is 400 g/mol. The van der Waals surface area contributed by atoms with Crippen molar-refractivity contribution in [2.24, 2.45) is 0 Å². The number of hydrogen-bond acceptors (Lipinski definition) is 3. The minimum absolute atomic E-state index is 0.0473. The minimum atomic E-state index is -0.695. The first kappa shape index (κ1) is 16.9. The Morgan fingerprint density at radius 2 is 1.86 bits per heavy atom. The van der Waals surface area contributed by atoms with Gasteiger partial charge in [-0.15, -0.1) is 0 Å². The van der Waals surface area contributed by atoms with E-state index in [9.17, 15) is 9.90 Å². The van der Waals surface area contributed by atoms with Crippen LogP contribution >= 0.6 is 31.9 Å². The second-order valence-corrected chi connectivity index (χ2v) is 7.77. The Morgan fingerprint density at radius 1 is 1.24 bits per heavy atom. The van der Waals surface area contributed by atoms with Gasteiger partial charge in [-0.3, -0.25) is 9.69 Å². The van der Waals surface area contributed by atoms with E-state index in [0.29, 0.717) is 25.2 Å². The average Bonchev–Trinajstić information content (AvgIpc) is 2.40. The zero-order valence-electron chi connectivity index (χ0n) is 12.3. The van der Waals surface area contributed by atoms with Crippen LogP contribution in [0.4, 0.5) is 0 Å². The Kier molecular flexibility index (Phi) is 5.46.